The van der Waals surface area contributed by atoms with Gasteiger partial charge < -0.3 is 10.1 Å². The molecular weight excluding hydrogens is 416 g/mol. The van der Waals surface area contributed by atoms with Gasteiger partial charge in [0.2, 0.25) is 0 Å². The molecule has 1 atom stereocenters. The number of fused-ring (bicyclic) bond motifs is 1. The first-order valence-corrected chi connectivity index (χ1v) is 10.1. The van der Waals surface area contributed by atoms with Crippen LogP contribution in [0.4, 0.5) is 17.6 Å². The Morgan fingerprint density at radius 1 is 1.29 bits per heavy atom. The summed E-state index contributed by atoms with van der Waals surface area (Å²) in [6.45, 7) is 5.13. The first-order chi connectivity index (χ1) is 14.7. The zero-order chi connectivity index (χ0) is 22.9. The van der Waals surface area contributed by atoms with E-state index in [9.17, 15) is 27.5 Å². The molecule has 0 radical (unpaired) electrons. The summed E-state index contributed by atoms with van der Waals surface area (Å²) < 4.78 is 53.8. The van der Waals surface area contributed by atoms with Crippen LogP contribution in [-0.4, -0.2) is 31.0 Å². The van der Waals surface area contributed by atoms with Crippen molar-refractivity contribution in [2.75, 3.05) is 0 Å². The van der Waals surface area contributed by atoms with Crippen molar-refractivity contribution in [3.8, 4) is 0 Å². The van der Waals surface area contributed by atoms with E-state index >= 15 is 0 Å². The summed E-state index contributed by atoms with van der Waals surface area (Å²) in [4.78, 5) is 19.2. The van der Waals surface area contributed by atoms with Gasteiger partial charge in [0, 0.05) is 0 Å². The van der Waals surface area contributed by atoms with E-state index in [1.54, 1.807) is 6.92 Å². The molecule has 1 saturated carbocycles. The van der Waals surface area contributed by atoms with Crippen LogP contribution in [0.3, 0.4) is 0 Å². The number of aromatic nitrogens is 4. The van der Waals surface area contributed by atoms with Crippen molar-refractivity contribution in [3.05, 3.63) is 57.0 Å². The van der Waals surface area contributed by atoms with Crippen LogP contribution in [0.15, 0.2) is 23.0 Å². The number of hydrogen-bond acceptors (Lipinski definition) is 4. The van der Waals surface area contributed by atoms with Crippen LogP contribution >= 0.6 is 0 Å². The molecule has 1 fully saturated rings. The first-order valence-electron chi connectivity index (χ1n) is 10.1. The third kappa shape index (κ3) is 4.79. The number of alkyl halides is 3. The minimum absolute atomic E-state index is 0.0823. The van der Waals surface area contributed by atoms with E-state index in [2.05, 4.69) is 15.1 Å². The Balaban J connectivity index is 0.00000132. The molecule has 0 amide bonds. The Bertz CT molecular complexity index is 1130. The predicted octanol–water partition coefficient (Wildman–Crippen LogP) is 4.19. The Labute approximate surface area is 175 Å². The molecule has 10 heteroatoms. The number of aliphatic hydroxyl groups excluding tert-OH is 1. The fraction of sp³-hybridized carbons (Fsp3) is 0.476. The monoisotopic (exact) mass is 440 g/mol. The summed E-state index contributed by atoms with van der Waals surface area (Å²) in [5.74, 6) is -0.500. The van der Waals surface area contributed by atoms with E-state index in [1.807, 2.05) is 13.8 Å². The molecule has 1 unspecified atom stereocenters. The highest BCUT2D eigenvalue weighted by atomic mass is 19.4. The van der Waals surface area contributed by atoms with Crippen LogP contribution in [0.5, 0.6) is 0 Å². The van der Waals surface area contributed by atoms with Crippen LogP contribution in [0.1, 0.15) is 55.4 Å². The number of benzene rings is 1. The Morgan fingerprint density at radius 2 is 1.97 bits per heavy atom. The summed E-state index contributed by atoms with van der Waals surface area (Å²) in [7, 11) is 0. The van der Waals surface area contributed by atoms with Gasteiger partial charge in [0.25, 0.3) is 5.56 Å². The van der Waals surface area contributed by atoms with Crippen molar-refractivity contribution < 1.29 is 22.7 Å². The second kappa shape index (κ2) is 8.78. The number of nitrogens with zero attached hydrogens (tertiary/aromatic N) is 3. The number of hydrogen-bond donors (Lipinski definition) is 2. The van der Waals surface area contributed by atoms with Crippen LogP contribution in [0.2, 0.25) is 0 Å². The van der Waals surface area contributed by atoms with Crippen LogP contribution in [0, 0.1) is 18.7 Å². The average molecular weight is 440 g/mol. The second-order valence-electron chi connectivity index (χ2n) is 7.32. The minimum Gasteiger partial charge on any atom is -0.390 e. The van der Waals surface area contributed by atoms with E-state index < -0.39 is 42.2 Å². The molecule has 0 aliphatic heterocycles. The number of nitrogens with one attached hydrogen (secondary N) is 1. The number of aryl methyl sites for hydroxylation is 1. The summed E-state index contributed by atoms with van der Waals surface area (Å²) in [5, 5.41) is 14.1. The molecule has 0 saturated heterocycles. The lowest BCUT2D eigenvalue weighted by atomic mass is 9.99. The van der Waals surface area contributed by atoms with Crippen molar-refractivity contribution >= 4 is 11.0 Å². The number of aliphatic hydroxyl groups is 1. The number of halogens is 4. The molecule has 1 aromatic carbocycles. The van der Waals surface area contributed by atoms with Crippen LogP contribution in [-0.2, 0) is 13.0 Å². The molecule has 2 N–H and O–H groups in total. The molecule has 31 heavy (non-hydrogen) atoms. The van der Waals surface area contributed by atoms with E-state index in [4.69, 9.17) is 0 Å². The molecule has 2 heterocycles. The highest BCUT2D eigenvalue weighted by Crippen LogP contribution is 2.44. The smallest absolute Gasteiger partial charge is 0.390 e. The van der Waals surface area contributed by atoms with Gasteiger partial charge in [-0.25, -0.2) is 14.1 Å². The molecule has 1 aliphatic rings. The molecule has 3 aromatic rings. The maximum Gasteiger partial charge on any atom is 0.393 e. The fourth-order valence-electron chi connectivity index (χ4n) is 3.66. The largest absolute Gasteiger partial charge is 0.393 e. The van der Waals surface area contributed by atoms with Gasteiger partial charge in [0.05, 0.1) is 19.1 Å². The van der Waals surface area contributed by atoms with Gasteiger partial charge in [0.1, 0.15) is 22.7 Å². The number of H-pyrrole nitrogens is 1. The van der Waals surface area contributed by atoms with Crippen molar-refractivity contribution in [1.29, 1.82) is 0 Å². The zero-order valence-corrected chi connectivity index (χ0v) is 17.4. The lowest BCUT2D eigenvalue weighted by Gasteiger charge is -2.19. The third-order valence-corrected chi connectivity index (χ3v) is 5.04. The van der Waals surface area contributed by atoms with Gasteiger partial charge in [-0.1, -0.05) is 26.0 Å². The molecule has 6 nitrogen and oxygen atoms in total. The van der Waals surface area contributed by atoms with E-state index in [0.29, 0.717) is 11.4 Å². The van der Waals surface area contributed by atoms with Gasteiger partial charge >= 0.3 is 6.18 Å². The summed E-state index contributed by atoms with van der Waals surface area (Å²) >= 11 is 0. The average Bonchev–Trinajstić information content (AvgIpc) is 3.46. The molecule has 2 aromatic heterocycles. The Kier molecular flexibility index (Phi) is 6.49. The van der Waals surface area contributed by atoms with Gasteiger partial charge in [0.15, 0.2) is 5.65 Å². The van der Waals surface area contributed by atoms with Crippen LogP contribution in [0.25, 0.3) is 11.0 Å². The summed E-state index contributed by atoms with van der Waals surface area (Å²) in [6, 6.07) is 3.19. The molecular formula is C21H24F4N4O2. The number of rotatable bonds is 5. The van der Waals surface area contributed by atoms with E-state index in [-0.39, 0.29) is 22.6 Å². The lowest BCUT2D eigenvalue weighted by molar-refractivity contribution is -0.127. The topological polar surface area (TPSA) is 83.8 Å². The van der Waals surface area contributed by atoms with Gasteiger partial charge in [-0.3, -0.25) is 4.79 Å². The van der Waals surface area contributed by atoms with Gasteiger partial charge in [-0.2, -0.15) is 18.3 Å². The normalized spacial score (nSPS) is 15.0. The SMILES string of the molecule is CC.Cc1nc2c(c(CO)nn2C(c2ccc(CC(F)(F)F)c(F)c2)C2CC2)c(=O)[nH]1. The van der Waals surface area contributed by atoms with Crippen molar-refractivity contribution in [3.63, 3.8) is 0 Å². The Morgan fingerprint density at radius 3 is 2.52 bits per heavy atom. The molecule has 4 rings (SSSR count). The predicted molar refractivity (Wildman–Crippen MR) is 107 cm³/mol. The molecule has 1 aliphatic carbocycles. The van der Waals surface area contributed by atoms with Gasteiger partial charge in [-0.15, -0.1) is 0 Å². The molecule has 0 bridgehead atoms. The molecule has 168 valence electrons. The van der Waals surface area contributed by atoms with Crippen molar-refractivity contribution in [2.24, 2.45) is 5.92 Å². The van der Waals surface area contributed by atoms with E-state index in [0.717, 1.165) is 25.0 Å². The fourth-order valence-corrected chi connectivity index (χ4v) is 3.66. The Hall–Kier alpha value is -2.75. The minimum atomic E-state index is -4.51. The zero-order valence-electron chi connectivity index (χ0n) is 17.4. The standard InChI is InChI=1S/C19H18F4N4O2.C2H6/c1-9-24-17-15(18(29)25-9)14(8-28)26-27(17)16(10-2-3-10)11-4-5-12(13(20)6-11)7-19(21,22)23;1-2/h4-6,10,16,28H,2-3,7-8H2,1H3,(H,24,25,29);1-2H3. The molecule has 0 spiro atoms. The van der Waals surface area contributed by atoms with Gasteiger partial charge in [-0.05, 0) is 42.9 Å². The maximum absolute atomic E-state index is 14.4. The first kappa shape index (κ1) is 22.9. The maximum atomic E-state index is 14.4. The highest BCUT2D eigenvalue weighted by molar-refractivity contribution is 5.77. The van der Waals surface area contributed by atoms with Crippen molar-refractivity contribution in [1.82, 2.24) is 19.7 Å². The third-order valence-electron chi connectivity index (χ3n) is 5.04. The van der Waals surface area contributed by atoms with Crippen molar-refractivity contribution in [2.45, 2.75) is 58.9 Å². The lowest BCUT2D eigenvalue weighted by Crippen LogP contribution is -2.18. The summed E-state index contributed by atoms with van der Waals surface area (Å²) in [6.07, 6.45) is -4.19. The highest BCUT2D eigenvalue weighted by Gasteiger charge is 2.37. The second-order valence-corrected chi connectivity index (χ2v) is 7.32. The van der Waals surface area contributed by atoms with Crippen LogP contribution < -0.4 is 5.56 Å². The quantitative estimate of drug-likeness (QED) is 0.583. The van der Waals surface area contributed by atoms with E-state index in [1.165, 1.54) is 10.7 Å². The number of aromatic amines is 1. The summed E-state index contributed by atoms with van der Waals surface area (Å²) in [5.41, 5.74) is -0.0169.